The van der Waals surface area contributed by atoms with Gasteiger partial charge in [0.05, 0.1) is 11.3 Å². The van der Waals surface area contributed by atoms with Gasteiger partial charge in [0.2, 0.25) is 0 Å². The second-order valence-corrected chi connectivity index (χ2v) is 3.90. The Hall–Kier alpha value is -2.15. The Kier molecular flexibility index (Phi) is 2.92. The van der Waals surface area contributed by atoms with Gasteiger partial charge in [-0.3, -0.25) is 0 Å². The van der Waals surface area contributed by atoms with Gasteiger partial charge in [0.15, 0.2) is 5.82 Å². The number of hydrogen-bond acceptors (Lipinski definition) is 3. The number of rotatable bonds is 2. The second-order valence-electron chi connectivity index (χ2n) is 3.90. The molecule has 2 aromatic heterocycles. The zero-order chi connectivity index (χ0) is 12.4. The van der Waals surface area contributed by atoms with Crippen molar-refractivity contribution in [2.24, 2.45) is 0 Å². The molecule has 0 saturated heterocycles. The van der Waals surface area contributed by atoms with E-state index in [1.54, 1.807) is 23.0 Å². The Morgan fingerprint density at radius 3 is 2.76 bits per heavy atom. The molecule has 2 rings (SSSR count). The zero-order valence-corrected chi connectivity index (χ0v) is 10.2. The van der Waals surface area contributed by atoms with Crippen LogP contribution in [0.1, 0.15) is 29.4 Å². The minimum Gasteiger partial charge on any atom is -0.236 e. The van der Waals surface area contributed by atoms with Gasteiger partial charge in [-0.25, -0.2) is 9.67 Å². The SMILES string of the molecule is CCc1c(C)nn(-c2ncccc2C#N)c1C. The summed E-state index contributed by atoms with van der Waals surface area (Å²) in [5.41, 5.74) is 3.82. The third-order valence-corrected chi connectivity index (χ3v) is 2.90. The molecule has 4 heteroatoms. The molecule has 2 aromatic rings. The Bertz CT molecular complexity index is 590. The largest absolute Gasteiger partial charge is 0.236 e. The van der Waals surface area contributed by atoms with Gasteiger partial charge in [-0.2, -0.15) is 10.4 Å². The Morgan fingerprint density at radius 1 is 1.41 bits per heavy atom. The quantitative estimate of drug-likeness (QED) is 0.789. The van der Waals surface area contributed by atoms with Crippen LogP contribution in [0.15, 0.2) is 18.3 Å². The average Bonchev–Trinajstić information content (AvgIpc) is 2.64. The summed E-state index contributed by atoms with van der Waals surface area (Å²) < 4.78 is 1.76. The lowest BCUT2D eigenvalue weighted by molar-refractivity contribution is 0.802. The highest BCUT2D eigenvalue weighted by molar-refractivity contribution is 5.44. The number of nitriles is 1. The monoisotopic (exact) mass is 226 g/mol. The summed E-state index contributed by atoms with van der Waals surface area (Å²) in [5.74, 6) is 0.607. The first-order chi connectivity index (χ1) is 8.19. The van der Waals surface area contributed by atoms with Crippen molar-refractivity contribution in [3.05, 3.63) is 40.8 Å². The number of aromatic nitrogens is 3. The number of pyridine rings is 1. The Morgan fingerprint density at radius 2 is 2.18 bits per heavy atom. The second kappa shape index (κ2) is 4.38. The summed E-state index contributed by atoms with van der Waals surface area (Å²) in [5, 5.41) is 13.5. The van der Waals surface area contributed by atoms with E-state index in [1.807, 2.05) is 13.8 Å². The molecular formula is C13H14N4. The van der Waals surface area contributed by atoms with Crippen molar-refractivity contribution < 1.29 is 0 Å². The molecule has 0 radical (unpaired) electrons. The summed E-state index contributed by atoms with van der Waals surface area (Å²) in [6.07, 6.45) is 2.62. The minimum atomic E-state index is 0.542. The molecule has 0 spiro atoms. The first kappa shape index (κ1) is 11.3. The molecule has 4 nitrogen and oxygen atoms in total. The van der Waals surface area contributed by atoms with Crippen LogP contribution in [0.2, 0.25) is 0 Å². The van der Waals surface area contributed by atoms with Gasteiger partial charge in [0, 0.05) is 11.9 Å². The summed E-state index contributed by atoms with van der Waals surface area (Å²) in [7, 11) is 0. The Balaban J connectivity index is 2.66. The molecule has 17 heavy (non-hydrogen) atoms. The highest BCUT2D eigenvalue weighted by Gasteiger charge is 2.14. The first-order valence-electron chi connectivity index (χ1n) is 5.59. The fraction of sp³-hybridized carbons (Fsp3) is 0.308. The summed E-state index contributed by atoms with van der Waals surface area (Å²) in [4.78, 5) is 4.25. The number of aryl methyl sites for hydroxylation is 1. The smallest absolute Gasteiger partial charge is 0.171 e. The molecule has 0 atom stereocenters. The highest BCUT2D eigenvalue weighted by Crippen LogP contribution is 2.18. The normalized spacial score (nSPS) is 10.2. The summed E-state index contributed by atoms with van der Waals surface area (Å²) >= 11 is 0. The predicted molar refractivity (Wildman–Crippen MR) is 64.9 cm³/mol. The van der Waals surface area contributed by atoms with Crippen molar-refractivity contribution >= 4 is 0 Å². The molecule has 0 unspecified atom stereocenters. The van der Waals surface area contributed by atoms with Gasteiger partial charge in [-0.15, -0.1) is 0 Å². The molecule has 0 saturated carbocycles. The van der Waals surface area contributed by atoms with Crippen LogP contribution in [0, 0.1) is 25.2 Å². The van der Waals surface area contributed by atoms with Gasteiger partial charge in [-0.05, 0) is 38.0 Å². The van der Waals surface area contributed by atoms with Gasteiger partial charge in [0.25, 0.3) is 0 Å². The number of hydrogen-bond donors (Lipinski definition) is 0. The van der Waals surface area contributed by atoms with E-state index in [2.05, 4.69) is 23.1 Å². The van der Waals surface area contributed by atoms with E-state index in [1.165, 1.54) is 5.56 Å². The van der Waals surface area contributed by atoms with E-state index in [4.69, 9.17) is 5.26 Å². The topological polar surface area (TPSA) is 54.5 Å². The lowest BCUT2D eigenvalue weighted by Gasteiger charge is -2.05. The predicted octanol–water partition coefficient (Wildman–Crippen LogP) is 2.32. The van der Waals surface area contributed by atoms with Crippen molar-refractivity contribution in [3.8, 4) is 11.9 Å². The third kappa shape index (κ3) is 1.80. The van der Waals surface area contributed by atoms with Crippen molar-refractivity contribution in [1.82, 2.24) is 14.8 Å². The van der Waals surface area contributed by atoms with Crippen LogP contribution in [0.5, 0.6) is 0 Å². The van der Waals surface area contributed by atoms with E-state index >= 15 is 0 Å². The lowest BCUT2D eigenvalue weighted by Crippen LogP contribution is -2.04. The van der Waals surface area contributed by atoms with Gasteiger partial charge in [0.1, 0.15) is 6.07 Å². The van der Waals surface area contributed by atoms with Crippen molar-refractivity contribution in [2.45, 2.75) is 27.2 Å². The summed E-state index contributed by atoms with van der Waals surface area (Å²) in [6.45, 7) is 6.09. The average molecular weight is 226 g/mol. The Labute approximate surface area is 101 Å². The molecule has 0 aliphatic heterocycles. The van der Waals surface area contributed by atoms with Crippen molar-refractivity contribution in [2.75, 3.05) is 0 Å². The van der Waals surface area contributed by atoms with Gasteiger partial charge >= 0.3 is 0 Å². The maximum atomic E-state index is 9.07. The molecule has 0 aromatic carbocycles. The molecule has 0 bridgehead atoms. The van der Waals surface area contributed by atoms with Crippen LogP contribution >= 0.6 is 0 Å². The molecule has 0 amide bonds. The van der Waals surface area contributed by atoms with Crippen LogP contribution in [-0.2, 0) is 6.42 Å². The van der Waals surface area contributed by atoms with Gasteiger partial charge < -0.3 is 0 Å². The highest BCUT2D eigenvalue weighted by atomic mass is 15.3. The minimum absolute atomic E-state index is 0.542. The zero-order valence-electron chi connectivity index (χ0n) is 10.2. The van der Waals surface area contributed by atoms with Crippen LogP contribution in [0.3, 0.4) is 0 Å². The van der Waals surface area contributed by atoms with Crippen molar-refractivity contribution in [3.63, 3.8) is 0 Å². The standard InChI is InChI=1S/C13H14N4/c1-4-12-9(2)16-17(10(12)3)13-11(8-14)6-5-7-15-13/h5-7H,4H2,1-3H3. The molecule has 2 heterocycles. The third-order valence-electron chi connectivity index (χ3n) is 2.90. The van der Waals surface area contributed by atoms with Crippen LogP contribution in [-0.4, -0.2) is 14.8 Å². The molecule has 0 aliphatic carbocycles. The van der Waals surface area contributed by atoms with Crippen molar-refractivity contribution in [1.29, 1.82) is 5.26 Å². The van der Waals surface area contributed by atoms with Crippen LogP contribution in [0.25, 0.3) is 5.82 Å². The molecule has 0 aliphatic rings. The van der Waals surface area contributed by atoms with Crippen LogP contribution < -0.4 is 0 Å². The van der Waals surface area contributed by atoms with E-state index in [0.29, 0.717) is 11.4 Å². The van der Waals surface area contributed by atoms with E-state index in [0.717, 1.165) is 17.8 Å². The fourth-order valence-corrected chi connectivity index (χ4v) is 2.05. The fourth-order valence-electron chi connectivity index (χ4n) is 2.05. The summed E-state index contributed by atoms with van der Waals surface area (Å²) in [6, 6.07) is 5.66. The lowest BCUT2D eigenvalue weighted by atomic mass is 10.1. The maximum absolute atomic E-state index is 9.07. The van der Waals surface area contributed by atoms with E-state index in [-0.39, 0.29) is 0 Å². The van der Waals surface area contributed by atoms with Gasteiger partial charge in [-0.1, -0.05) is 6.92 Å². The molecule has 0 N–H and O–H groups in total. The molecular weight excluding hydrogens is 212 g/mol. The first-order valence-corrected chi connectivity index (χ1v) is 5.59. The number of nitrogens with zero attached hydrogens (tertiary/aromatic N) is 4. The molecule has 0 fully saturated rings. The van der Waals surface area contributed by atoms with Crippen LogP contribution in [0.4, 0.5) is 0 Å². The molecule has 86 valence electrons. The van der Waals surface area contributed by atoms with E-state index in [9.17, 15) is 0 Å². The maximum Gasteiger partial charge on any atom is 0.171 e. The van der Waals surface area contributed by atoms with E-state index < -0.39 is 0 Å².